The van der Waals surface area contributed by atoms with E-state index in [0.29, 0.717) is 36.9 Å². The molecule has 1 atom stereocenters. The minimum atomic E-state index is -4.16. The predicted octanol–water partition coefficient (Wildman–Crippen LogP) is 4.29. The molecule has 0 unspecified atom stereocenters. The molecule has 1 aromatic heterocycles. The molecule has 1 aromatic carbocycles. The zero-order chi connectivity index (χ0) is 24.5. The van der Waals surface area contributed by atoms with Crippen LogP contribution in [0.4, 0.5) is 13.2 Å². The van der Waals surface area contributed by atoms with Crippen LogP contribution in [-0.2, 0) is 0 Å². The van der Waals surface area contributed by atoms with Crippen LogP contribution in [0.5, 0.6) is 5.75 Å². The van der Waals surface area contributed by atoms with Crippen LogP contribution < -0.4 is 10.5 Å². The molecular formula is C24H31F3N6O. The van der Waals surface area contributed by atoms with Crippen molar-refractivity contribution < 1.29 is 17.9 Å². The molecule has 34 heavy (non-hydrogen) atoms. The zero-order valence-corrected chi connectivity index (χ0v) is 19.5. The van der Waals surface area contributed by atoms with Gasteiger partial charge in [0.15, 0.2) is 0 Å². The van der Waals surface area contributed by atoms with Gasteiger partial charge >= 0.3 is 6.18 Å². The third-order valence-corrected chi connectivity index (χ3v) is 6.41. The lowest BCUT2D eigenvalue weighted by Gasteiger charge is -2.40. The van der Waals surface area contributed by atoms with Gasteiger partial charge in [0.05, 0.1) is 17.6 Å². The number of halogens is 3. The van der Waals surface area contributed by atoms with Gasteiger partial charge in [0.25, 0.3) is 0 Å². The molecule has 1 saturated heterocycles. The van der Waals surface area contributed by atoms with E-state index in [9.17, 15) is 13.2 Å². The molecule has 2 aliphatic rings. The molecule has 2 heterocycles. The average Bonchev–Trinajstić information content (AvgIpc) is 3.34. The molecule has 2 aromatic rings. The van der Waals surface area contributed by atoms with E-state index in [4.69, 9.17) is 10.5 Å². The number of aliphatic imine (C=N–C) groups is 1. The summed E-state index contributed by atoms with van der Waals surface area (Å²) in [5.41, 5.74) is 8.21. The third kappa shape index (κ3) is 5.72. The Morgan fingerprint density at radius 1 is 1.38 bits per heavy atom. The Hall–Kier alpha value is -3.01. The van der Waals surface area contributed by atoms with Crippen molar-refractivity contribution in [2.24, 2.45) is 10.7 Å². The van der Waals surface area contributed by atoms with Gasteiger partial charge in [0.2, 0.25) is 0 Å². The van der Waals surface area contributed by atoms with E-state index in [1.165, 1.54) is 6.20 Å². The maximum atomic E-state index is 12.6. The Balaban J connectivity index is 1.51. The maximum absolute atomic E-state index is 12.6. The fourth-order valence-electron chi connectivity index (χ4n) is 4.16. The van der Waals surface area contributed by atoms with E-state index >= 15 is 0 Å². The van der Waals surface area contributed by atoms with Crippen molar-refractivity contribution in [3.63, 3.8) is 0 Å². The minimum Gasteiger partial charge on any atom is -0.488 e. The lowest BCUT2D eigenvalue weighted by atomic mass is 10.1. The largest absolute Gasteiger partial charge is 0.488 e. The van der Waals surface area contributed by atoms with E-state index in [0.717, 1.165) is 29.5 Å². The van der Waals surface area contributed by atoms with Gasteiger partial charge in [0.1, 0.15) is 22.9 Å². The maximum Gasteiger partial charge on any atom is 0.390 e. The lowest BCUT2D eigenvalue weighted by Crippen LogP contribution is -2.53. The van der Waals surface area contributed by atoms with Gasteiger partial charge in [0, 0.05) is 49.9 Å². The topological polar surface area (TPSA) is 82.8 Å². The summed E-state index contributed by atoms with van der Waals surface area (Å²) in [6.45, 7) is 9.28. The number of nitrogens with zero attached hydrogens (tertiary/aromatic N) is 4. The van der Waals surface area contributed by atoms with Gasteiger partial charge in [-0.1, -0.05) is 6.58 Å². The first-order valence-electron chi connectivity index (χ1n) is 11.5. The first kappa shape index (κ1) is 24.1. The van der Waals surface area contributed by atoms with Crippen LogP contribution in [0.25, 0.3) is 16.6 Å². The van der Waals surface area contributed by atoms with E-state index in [1.54, 1.807) is 6.08 Å². The number of piperazine rings is 1. The van der Waals surface area contributed by atoms with Crippen LogP contribution in [-0.4, -0.2) is 69.8 Å². The Kier molecular flexibility index (Phi) is 6.62. The molecule has 2 fully saturated rings. The summed E-state index contributed by atoms with van der Waals surface area (Å²) < 4.78 is 44.0. The third-order valence-electron chi connectivity index (χ3n) is 6.41. The summed E-state index contributed by atoms with van der Waals surface area (Å²) in [6.07, 6.45) is 0.283. The zero-order valence-electron chi connectivity index (χ0n) is 19.5. The Labute approximate surface area is 197 Å². The highest BCUT2D eigenvalue weighted by molar-refractivity contribution is 6.02. The number of ether oxygens (including phenoxy) is 1. The van der Waals surface area contributed by atoms with Crippen LogP contribution in [0.3, 0.4) is 0 Å². The van der Waals surface area contributed by atoms with E-state index in [-0.39, 0.29) is 18.2 Å². The molecule has 1 aliphatic heterocycles. The van der Waals surface area contributed by atoms with Crippen LogP contribution in [0, 0.1) is 0 Å². The lowest BCUT2D eigenvalue weighted by molar-refractivity contribution is -0.139. The van der Waals surface area contributed by atoms with Gasteiger partial charge in [-0.2, -0.15) is 18.3 Å². The SMILES string of the molecule is C=CN=C(/C=C(\N)c1n[nH]c2ccc(OC3(C)CC3)cc12)N1CCN(CCC(F)(F)F)[C@@H](C)C1. The average molecular weight is 477 g/mol. The Morgan fingerprint density at radius 3 is 2.79 bits per heavy atom. The normalized spacial score (nSPS) is 21.7. The monoisotopic (exact) mass is 476 g/mol. The number of nitrogens with two attached hydrogens (primary N) is 1. The molecule has 4 rings (SSSR count). The van der Waals surface area contributed by atoms with Gasteiger partial charge < -0.3 is 15.4 Å². The number of H-pyrrole nitrogens is 1. The van der Waals surface area contributed by atoms with Crippen LogP contribution in [0.1, 0.15) is 38.8 Å². The number of hydrogen-bond donors (Lipinski definition) is 2. The van der Waals surface area contributed by atoms with Crippen LogP contribution in [0.15, 0.2) is 42.0 Å². The number of aromatic amines is 1. The first-order chi connectivity index (χ1) is 16.1. The van der Waals surface area contributed by atoms with Crippen molar-refractivity contribution >= 4 is 22.4 Å². The van der Waals surface area contributed by atoms with Crippen molar-refractivity contribution in [3.8, 4) is 5.75 Å². The molecule has 0 bridgehead atoms. The van der Waals surface area contributed by atoms with Gasteiger partial charge in [-0.3, -0.25) is 10.00 Å². The summed E-state index contributed by atoms with van der Waals surface area (Å²) in [5, 5.41) is 8.24. The number of aromatic nitrogens is 2. The highest BCUT2D eigenvalue weighted by Gasteiger charge is 2.40. The Morgan fingerprint density at radius 2 is 2.15 bits per heavy atom. The fourth-order valence-corrected chi connectivity index (χ4v) is 4.16. The van der Waals surface area contributed by atoms with Crippen LogP contribution >= 0.6 is 0 Å². The molecular weight excluding hydrogens is 445 g/mol. The molecule has 3 N–H and O–H groups in total. The summed E-state index contributed by atoms with van der Waals surface area (Å²) in [5.74, 6) is 1.37. The second-order valence-electron chi connectivity index (χ2n) is 9.30. The van der Waals surface area contributed by atoms with Gasteiger partial charge in [-0.25, -0.2) is 4.99 Å². The first-order valence-corrected chi connectivity index (χ1v) is 11.5. The van der Waals surface area contributed by atoms with E-state index < -0.39 is 12.6 Å². The standard InChI is InChI=1S/C24H31F3N6O/c1-4-29-21(33-12-11-32(16(2)15-33)10-9-24(25,26)27)14-19(28)22-18-13-17(34-23(3)7-8-23)5-6-20(18)30-31-22/h4-6,13-14,16H,1,7-12,15,28H2,2-3H3,(H,30,31)/b19-14-,29-21?/t16-/m0/s1. The number of benzene rings is 1. The number of amidine groups is 1. The molecule has 0 radical (unpaired) electrons. The summed E-state index contributed by atoms with van der Waals surface area (Å²) in [4.78, 5) is 8.25. The van der Waals surface area contributed by atoms with E-state index in [2.05, 4.69) is 28.7 Å². The molecule has 0 spiro atoms. The summed E-state index contributed by atoms with van der Waals surface area (Å²) in [7, 11) is 0. The summed E-state index contributed by atoms with van der Waals surface area (Å²) >= 11 is 0. The van der Waals surface area contributed by atoms with Crippen molar-refractivity contribution in [3.05, 3.63) is 42.7 Å². The molecule has 0 amide bonds. The highest BCUT2D eigenvalue weighted by Crippen LogP contribution is 2.40. The van der Waals surface area contributed by atoms with E-state index in [1.807, 2.05) is 34.9 Å². The quantitative estimate of drug-likeness (QED) is 0.460. The number of hydrogen-bond acceptors (Lipinski definition) is 5. The number of fused-ring (bicyclic) bond motifs is 1. The Bertz CT molecular complexity index is 1100. The number of alkyl halides is 3. The molecule has 10 heteroatoms. The summed E-state index contributed by atoms with van der Waals surface area (Å²) in [6, 6.07) is 5.71. The smallest absolute Gasteiger partial charge is 0.390 e. The van der Waals surface area contributed by atoms with Crippen molar-refractivity contribution in [2.45, 2.75) is 50.9 Å². The fraction of sp³-hybridized carbons (Fsp3) is 0.500. The molecule has 1 saturated carbocycles. The molecule has 184 valence electrons. The highest BCUT2D eigenvalue weighted by atomic mass is 19.4. The predicted molar refractivity (Wildman–Crippen MR) is 127 cm³/mol. The number of rotatable bonds is 7. The minimum absolute atomic E-state index is 0.00682. The second-order valence-corrected chi connectivity index (χ2v) is 9.30. The number of nitrogens with one attached hydrogen (secondary N) is 1. The van der Waals surface area contributed by atoms with Crippen LogP contribution in [0.2, 0.25) is 0 Å². The van der Waals surface area contributed by atoms with Crippen molar-refractivity contribution in [2.75, 3.05) is 26.2 Å². The van der Waals surface area contributed by atoms with Gasteiger partial charge in [-0.05, 0) is 44.9 Å². The second kappa shape index (κ2) is 9.32. The molecule has 7 nitrogen and oxygen atoms in total. The molecule has 1 aliphatic carbocycles. The van der Waals surface area contributed by atoms with Gasteiger partial charge in [-0.15, -0.1) is 0 Å². The van der Waals surface area contributed by atoms with Crippen molar-refractivity contribution in [1.29, 1.82) is 0 Å². The van der Waals surface area contributed by atoms with Crippen molar-refractivity contribution in [1.82, 2.24) is 20.0 Å².